The topological polar surface area (TPSA) is 37.3 Å². The molecule has 3 heteroatoms. The van der Waals surface area contributed by atoms with Crippen molar-refractivity contribution >= 4 is 6.29 Å². The quantitative estimate of drug-likeness (QED) is 0.783. The summed E-state index contributed by atoms with van der Waals surface area (Å²) in [5, 5.41) is 9.09. The average Bonchev–Trinajstić information content (AvgIpc) is 2.29. The molecular weight excluding hydrogens is 207 g/mol. The van der Waals surface area contributed by atoms with Crippen molar-refractivity contribution in [3.63, 3.8) is 0 Å². The molecule has 0 saturated heterocycles. The van der Waals surface area contributed by atoms with Crippen LogP contribution in [0.25, 0.3) is 11.1 Å². The highest BCUT2D eigenvalue weighted by atomic mass is 19.1. The number of halogens is 1. The van der Waals surface area contributed by atoms with Crippen LogP contribution in [0.15, 0.2) is 42.5 Å². The van der Waals surface area contributed by atoms with E-state index in [0.29, 0.717) is 23.0 Å². The third kappa shape index (κ3) is 1.93. The lowest BCUT2D eigenvalue weighted by Gasteiger charge is -2.04. The van der Waals surface area contributed by atoms with Gasteiger partial charge in [0.1, 0.15) is 17.9 Å². The highest BCUT2D eigenvalue weighted by Gasteiger charge is 2.06. The molecule has 2 aromatic rings. The summed E-state index contributed by atoms with van der Waals surface area (Å²) in [5.74, 6) is -0.629. The minimum atomic E-state index is -0.511. The van der Waals surface area contributed by atoms with Crippen molar-refractivity contribution in [2.24, 2.45) is 0 Å². The smallest absolute Gasteiger partial charge is 0.150 e. The van der Waals surface area contributed by atoms with Gasteiger partial charge >= 0.3 is 0 Å². The van der Waals surface area contributed by atoms with Crippen molar-refractivity contribution in [2.45, 2.75) is 0 Å². The normalized spacial score (nSPS) is 10.1. The third-order valence-corrected chi connectivity index (χ3v) is 2.29. The van der Waals surface area contributed by atoms with E-state index in [0.717, 1.165) is 6.07 Å². The molecule has 0 unspecified atom stereocenters. The maximum atomic E-state index is 13.5. The summed E-state index contributed by atoms with van der Waals surface area (Å²) in [6.07, 6.45) is 0.710. The predicted molar refractivity (Wildman–Crippen MR) is 58.9 cm³/mol. The van der Waals surface area contributed by atoms with Crippen LogP contribution < -0.4 is 0 Å². The van der Waals surface area contributed by atoms with E-state index in [1.807, 2.05) is 0 Å². The van der Waals surface area contributed by atoms with Crippen molar-refractivity contribution in [2.75, 3.05) is 0 Å². The van der Waals surface area contributed by atoms with Gasteiger partial charge in [0.15, 0.2) is 0 Å². The van der Waals surface area contributed by atoms with Crippen LogP contribution in [0.2, 0.25) is 0 Å². The van der Waals surface area contributed by atoms with Gasteiger partial charge < -0.3 is 5.11 Å². The highest BCUT2D eigenvalue weighted by Crippen LogP contribution is 2.25. The van der Waals surface area contributed by atoms with Gasteiger partial charge in [-0.2, -0.15) is 0 Å². The lowest BCUT2D eigenvalue weighted by molar-refractivity contribution is 0.112. The Balaban J connectivity index is 2.53. The Labute approximate surface area is 92.0 Å². The van der Waals surface area contributed by atoms with Crippen LogP contribution in [-0.2, 0) is 0 Å². The lowest BCUT2D eigenvalue weighted by Crippen LogP contribution is -1.86. The van der Waals surface area contributed by atoms with Gasteiger partial charge in [0.2, 0.25) is 0 Å². The van der Waals surface area contributed by atoms with Gasteiger partial charge in [0.25, 0.3) is 0 Å². The molecule has 16 heavy (non-hydrogen) atoms. The molecule has 0 aliphatic heterocycles. The molecule has 0 fully saturated rings. The van der Waals surface area contributed by atoms with Gasteiger partial charge in [-0.25, -0.2) is 4.39 Å². The second-order valence-corrected chi connectivity index (χ2v) is 3.41. The van der Waals surface area contributed by atoms with Crippen LogP contribution in [0.3, 0.4) is 0 Å². The number of aromatic hydroxyl groups is 1. The Bertz CT molecular complexity index is 535. The number of carbonyl (C=O) groups is 1. The number of benzene rings is 2. The first-order valence-corrected chi connectivity index (χ1v) is 4.75. The molecule has 80 valence electrons. The largest absolute Gasteiger partial charge is 0.508 e. The maximum Gasteiger partial charge on any atom is 0.150 e. The SMILES string of the molecule is O=Cc1cccc(-c2ccc(O)cc2F)c1. The third-order valence-electron chi connectivity index (χ3n) is 2.29. The molecule has 0 radical (unpaired) electrons. The fourth-order valence-electron chi connectivity index (χ4n) is 1.52. The first kappa shape index (κ1) is 10.4. The molecule has 0 aliphatic carbocycles. The Morgan fingerprint density at radius 1 is 1.12 bits per heavy atom. The molecule has 2 rings (SSSR count). The molecule has 0 bridgehead atoms. The molecule has 2 nitrogen and oxygen atoms in total. The first-order chi connectivity index (χ1) is 7.70. The minimum absolute atomic E-state index is 0.118. The summed E-state index contributed by atoms with van der Waals surface area (Å²) in [6.45, 7) is 0. The fraction of sp³-hybridized carbons (Fsp3) is 0. The van der Waals surface area contributed by atoms with E-state index in [9.17, 15) is 9.18 Å². The Hall–Kier alpha value is -2.16. The summed E-state index contributed by atoms with van der Waals surface area (Å²) >= 11 is 0. The average molecular weight is 216 g/mol. The summed E-state index contributed by atoms with van der Waals surface area (Å²) in [7, 11) is 0. The Morgan fingerprint density at radius 2 is 1.94 bits per heavy atom. The van der Waals surface area contributed by atoms with Gasteiger partial charge in [-0.15, -0.1) is 0 Å². The van der Waals surface area contributed by atoms with Gasteiger partial charge in [-0.3, -0.25) is 4.79 Å². The molecule has 0 heterocycles. The van der Waals surface area contributed by atoms with E-state index in [4.69, 9.17) is 5.11 Å². The maximum absolute atomic E-state index is 13.5. The standard InChI is InChI=1S/C13H9FO2/c14-13-7-11(16)4-5-12(13)10-3-1-2-9(6-10)8-15/h1-8,16H. The first-order valence-electron chi connectivity index (χ1n) is 4.75. The number of rotatable bonds is 2. The zero-order chi connectivity index (χ0) is 11.5. The van der Waals surface area contributed by atoms with Crippen molar-refractivity contribution in [1.29, 1.82) is 0 Å². The monoisotopic (exact) mass is 216 g/mol. The summed E-state index contributed by atoms with van der Waals surface area (Å²) in [6, 6.07) is 10.6. The predicted octanol–water partition coefficient (Wildman–Crippen LogP) is 3.01. The van der Waals surface area contributed by atoms with Crippen LogP contribution >= 0.6 is 0 Å². The van der Waals surface area contributed by atoms with E-state index in [1.54, 1.807) is 24.3 Å². The van der Waals surface area contributed by atoms with Crippen LogP contribution in [-0.4, -0.2) is 11.4 Å². The molecule has 0 amide bonds. The minimum Gasteiger partial charge on any atom is -0.508 e. The highest BCUT2D eigenvalue weighted by molar-refractivity contribution is 5.79. The lowest BCUT2D eigenvalue weighted by atomic mass is 10.0. The van der Waals surface area contributed by atoms with Gasteiger partial charge in [-0.1, -0.05) is 18.2 Å². The van der Waals surface area contributed by atoms with E-state index in [-0.39, 0.29) is 5.75 Å². The Morgan fingerprint density at radius 3 is 2.62 bits per heavy atom. The molecule has 0 saturated carbocycles. The summed E-state index contributed by atoms with van der Waals surface area (Å²) in [4.78, 5) is 10.6. The molecule has 0 aromatic heterocycles. The summed E-state index contributed by atoms with van der Waals surface area (Å²) in [5.41, 5.74) is 1.47. The zero-order valence-electron chi connectivity index (χ0n) is 8.35. The molecule has 2 aromatic carbocycles. The van der Waals surface area contributed by atoms with E-state index in [1.165, 1.54) is 12.1 Å². The molecule has 0 atom stereocenters. The fourth-order valence-corrected chi connectivity index (χ4v) is 1.52. The summed E-state index contributed by atoms with van der Waals surface area (Å²) < 4.78 is 13.5. The van der Waals surface area contributed by atoms with Crippen molar-refractivity contribution in [1.82, 2.24) is 0 Å². The van der Waals surface area contributed by atoms with Gasteiger partial charge in [-0.05, 0) is 23.8 Å². The van der Waals surface area contributed by atoms with Gasteiger partial charge in [0.05, 0.1) is 0 Å². The van der Waals surface area contributed by atoms with Crippen LogP contribution in [0.1, 0.15) is 10.4 Å². The Kier molecular flexibility index (Phi) is 2.68. The van der Waals surface area contributed by atoms with Crippen LogP contribution in [0.5, 0.6) is 5.75 Å². The van der Waals surface area contributed by atoms with Crippen LogP contribution in [0.4, 0.5) is 4.39 Å². The van der Waals surface area contributed by atoms with Crippen molar-refractivity contribution in [3.8, 4) is 16.9 Å². The zero-order valence-corrected chi connectivity index (χ0v) is 8.35. The van der Waals surface area contributed by atoms with E-state index >= 15 is 0 Å². The number of carbonyl (C=O) groups excluding carboxylic acids is 1. The molecule has 0 spiro atoms. The molecular formula is C13H9FO2. The number of aldehydes is 1. The number of hydrogen-bond acceptors (Lipinski definition) is 2. The van der Waals surface area contributed by atoms with Crippen molar-refractivity contribution in [3.05, 3.63) is 53.8 Å². The molecule has 0 aliphatic rings. The second-order valence-electron chi connectivity index (χ2n) is 3.41. The van der Waals surface area contributed by atoms with Gasteiger partial charge in [0, 0.05) is 17.2 Å². The van der Waals surface area contributed by atoms with E-state index < -0.39 is 5.82 Å². The number of phenolic OH excluding ortho intramolecular Hbond substituents is 1. The second kappa shape index (κ2) is 4.14. The number of phenols is 1. The molecule has 1 N–H and O–H groups in total. The van der Waals surface area contributed by atoms with Crippen LogP contribution in [0, 0.1) is 5.82 Å². The van der Waals surface area contributed by atoms with E-state index in [2.05, 4.69) is 0 Å². The van der Waals surface area contributed by atoms with Crippen molar-refractivity contribution < 1.29 is 14.3 Å². The number of hydrogen-bond donors (Lipinski definition) is 1.